The number of likely N-dealkylation sites (N-methyl/N-ethyl adjacent to an activating group) is 1. The van der Waals surface area contributed by atoms with Crippen molar-refractivity contribution < 1.29 is 9.53 Å². The fraction of sp³-hybridized carbons (Fsp3) is 0.500. The second-order valence-electron chi connectivity index (χ2n) is 7.63. The second kappa shape index (κ2) is 8.88. The van der Waals surface area contributed by atoms with Crippen LogP contribution in [0.2, 0.25) is 0 Å². The molecule has 2 saturated heterocycles. The molecular formula is C22H29N5O2. The van der Waals surface area contributed by atoms with Crippen molar-refractivity contribution in [3.63, 3.8) is 0 Å². The molecule has 3 heterocycles. The SMILES string of the molecule is CCN1CCN(c2nc(-c3cccc(C)c3)ncc2C(=O)N2CCOCC2)CC1. The first-order valence-corrected chi connectivity index (χ1v) is 10.4. The van der Waals surface area contributed by atoms with Crippen LogP contribution in [0, 0.1) is 6.92 Å². The minimum atomic E-state index is -0.00277. The van der Waals surface area contributed by atoms with E-state index in [1.807, 2.05) is 17.0 Å². The van der Waals surface area contributed by atoms with Crippen LogP contribution in [-0.4, -0.2) is 84.7 Å². The van der Waals surface area contributed by atoms with Crippen LogP contribution < -0.4 is 4.90 Å². The summed E-state index contributed by atoms with van der Waals surface area (Å²) >= 11 is 0. The summed E-state index contributed by atoms with van der Waals surface area (Å²) in [5, 5.41) is 0. The molecule has 2 aromatic rings. The van der Waals surface area contributed by atoms with Crippen molar-refractivity contribution in [1.29, 1.82) is 0 Å². The first-order valence-electron chi connectivity index (χ1n) is 10.4. The number of rotatable bonds is 4. The molecule has 29 heavy (non-hydrogen) atoms. The lowest BCUT2D eigenvalue weighted by Gasteiger charge is -2.36. The molecule has 0 saturated carbocycles. The van der Waals surface area contributed by atoms with Crippen LogP contribution in [0.25, 0.3) is 11.4 Å². The molecule has 7 heteroatoms. The van der Waals surface area contributed by atoms with Gasteiger partial charge >= 0.3 is 0 Å². The minimum Gasteiger partial charge on any atom is -0.378 e. The van der Waals surface area contributed by atoms with Crippen LogP contribution in [0.15, 0.2) is 30.5 Å². The standard InChI is InChI=1S/C22H29N5O2/c1-3-25-7-9-26(10-8-25)21-19(22(28)27-11-13-29-14-12-27)16-23-20(24-21)18-6-4-5-17(2)15-18/h4-6,15-16H,3,7-14H2,1-2H3. The van der Waals surface area contributed by atoms with Gasteiger partial charge in [-0.25, -0.2) is 9.97 Å². The Labute approximate surface area is 172 Å². The molecule has 2 aliphatic rings. The molecule has 0 atom stereocenters. The third kappa shape index (κ3) is 4.41. The van der Waals surface area contributed by atoms with Gasteiger partial charge in [0, 0.05) is 51.0 Å². The molecular weight excluding hydrogens is 366 g/mol. The van der Waals surface area contributed by atoms with Gasteiger partial charge in [0.1, 0.15) is 11.4 Å². The number of nitrogens with zero attached hydrogens (tertiary/aromatic N) is 5. The maximum absolute atomic E-state index is 13.2. The first kappa shape index (κ1) is 19.8. The van der Waals surface area contributed by atoms with Crippen LogP contribution in [0.1, 0.15) is 22.8 Å². The Balaban J connectivity index is 1.69. The lowest BCUT2D eigenvalue weighted by atomic mass is 10.1. The molecule has 0 radical (unpaired) electrons. The van der Waals surface area contributed by atoms with Crippen LogP contribution in [-0.2, 0) is 4.74 Å². The number of benzene rings is 1. The van der Waals surface area contributed by atoms with Gasteiger partial charge in [-0.05, 0) is 19.5 Å². The minimum absolute atomic E-state index is 0.00277. The maximum Gasteiger partial charge on any atom is 0.259 e. The van der Waals surface area contributed by atoms with Gasteiger partial charge in [0.2, 0.25) is 0 Å². The van der Waals surface area contributed by atoms with E-state index in [9.17, 15) is 4.79 Å². The number of aromatic nitrogens is 2. The number of carbonyl (C=O) groups excluding carboxylic acids is 1. The number of hydrogen-bond acceptors (Lipinski definition) is 6. The monoisotopic (exact) mass is 395 g/mol. The summed E-state index contributed by atoms with van der Waals surface area (Å²) < 4.78 is 5.40. The lowest BCUT2D eigenvalue weighted by molar-refractivity contribution is 0.0302. The van der Waals surface area contributed by atoms with E-state index in [4.69, 9.17) is 9.72 Å². The quantitative estimate of drug-likeness (QED) is 0.790. The van der Waals surface area contributed by atoms with Gasteiger partial charge in [0.15, 0.2) is 5.82 Å². The highest BCUT2D eigenvalue weighted by Gasteiger charge is 2.27. The van der Waals surface area contributed by atoms with E-state index in [1.165, 1.54) is 0 Å². The smallest absolute Gasteiger partial charge is 0.259 e. The highest BCUT2D eigenvalue weighted by Crippen LogP contribution is 2.25. The summed E-state index contributed by atoms with van der Waals surface area (Å²) in [7, 11) is 0. The molecule has 1 amide bonds. The Hall–Kier alpha value is -2.51. The van der Waals surface area contributed by atoms with E-state index < -0.39 is 0 Å². The zero-order chi connectivity index (χ0) is 20.2. The van der Waals surface area contributed by atoms with Crippen LogP contribution in [0.3, 0.4) is 0 Å². The molecule has 0 aliphatic carbocycles. The zero-order valence-corrected chi connectivity index (χ0v) is 17.3. The largest absolute Gasteiger partial charge is 0.378 e. The number of morpholine rings is 1. The van der Waals surface area contributed by atoms with Crippen molar-refractivity contribution in [2.45, 2.75) is 13.8 Å². The normalized spacial score (nSPS) is 18.1. The average Bonchev–Trinajstić information content (AvgIpc) is 2.79. The van der Waals surface area contributed by atoms with Crippen molar-refractivity contribution >= 4 is 11.7 Å². The Morgan fingerprint density at radius 2 is 1.86 bits per heavy atom. The number of aryl methyl sites for hydroxylation is 1. The molecule has 154 valence electrons. The van der Waals surface area contributed by atoms with Gasteiger partial charge in [-0.1, -0.05) is 30.7 Å². The van der Waals surface area contributed by atoms with Crippen molar-refractivity contribution in [1.82, 2.24) is 19.8 Å². The molecule has 7 nitrogen and oxygen atoms in total. The molecule has 4 rings (SSSR count). The third-order valence-electron chi connectivity index (χ3n) is 5.69. The Morgan fingerprint density at radius 1 is 1.10 bits per heavy atom. The van der Waals surface area contributed by atoms with Crippen LogP contribution in [0.4, 0.5) is 5.82 Å². The van der Waals surface area contributed by atoms with Gasteiger partial charge in [0.05, 0.1) is 13.2 Å². The summed E-state index contributed by atoms with van der Waals surface area (Å²) in [5.41, 5.74) is 2.73. The summed E-state index contributed by atoms with van der Waals surface area (Å²) in [6.45, 7) is 11.4. The summed E-state index contributed by atoms with van der Waals surface area (Å²) in [6.07, 6.45) is 1.71. The molecule has 1 aromatic carbocycles. The number of ether oxygens (including phenoxy) is 1. The van der Waals surface area contributed by atoms with E-state index in [2.05, 4.69) is 40.8 Å². The summed E-state index contributed by atoms with van der Waals surface area (Å²) in [5.74, 6) is 1.42. The first-order chi connectivity index (χ1) is 14.2. The van der Waals surface area contributed by atoms with E-state index in [0.29, 0.717) is 37.7 Å². The van der Waals surface area contributed by atoms with E-state index in [-0.39, 0.29) is 5.91 Å². The van der Waals surface area contributed by atoms with Gasteiger partial charge in [-0.2, -0.15) is 0 Å². The highest BCUT2D eigenvalue weighted by molar-refractivity contribution is 5.99. The van der Waals surface area contributed by atoms with Crippen molar-refractivity contribution in [2.75, 3.05) is 63.9 Å². The molecule has 0 spiro atoms. The number of piperazine rings is 1. The number of anilines is 1. The Kier molecular flexibility index (Phi) is 6.06. The summed E-state index contributed by atoms with van der Waals surface area (Å²) in [4.78, 5) is 29.2. The van der Waals surface area contributed by atoms with Gasteiger partial charge in [-0.15, -0.1) is 0 Å². The Morgan fingerprint density at radius 3 is 2.55 bits per heavy atom. The Bertz CT molecular complexity index is 858. The fourth-order valence-corrected chi connectivity index (χ4v) is 3.90. The lowest BCUT2D eigenvalue weighted by Crippen LogP contribution is -2.47. The van der Waals surface area contributed by atoms with Gasteiger partial charge in [-0.3, -0.25) is 4.79 Å². The predicted molar refractivity (Wildman–Crippen MR) is 113 cm³/mol. The molecule has 0 N–H and O–H groups in total. The van der Waals surface area contributed by atoms with Gasteiger partial charge in [0.25, 0.3) is 5.91 Å². The zero-order valence-electron chi connectivity index (χ0n) is 17.3. The fourth-order valence-electron chi connectivity index (χ4n) is 3.90. The molecule has 0 unspecified atom stereocenters. The van der Waals surface area contributed by atoms with Crippen LogP contribution in [0.5, 0.6) is 0 Å². The molecule has 0 bridgehead atoms. The average molecular weight is 396 g/mol. The highest BCUT2D eigenvalue weighted by atomic mass is 16.5. The van der Waals surface area contributed by atoms with Crippen molar-refractivity contribution in [2.24, 2.45) is 0 Å². The van der Waals surface area contributed by atoms with Crippen molar-refractivity contribution in [3.05, 3.63) is 41.6 Å². The van der Waals surface area contributed by atoms with E-state index >= 15 is 0 Å². The number of amides is 1. The third-order valence-corrected chi connectivity index (χ3v) is 5.69. The van der Waals surface area contributed by atoms with E-state index in [1.54, 1.807) is 6.20 Å². The van der Waals surface area contributed by atoms with Crippen LogP contribution >= 0.6 is 0 Å². The molecule has 1 aromatic heterocycles. The van der Waals surface area contributed by atoms with Crippen molar-refractivity contribution in [3.8, 4) is 11.4 Å². The van der Waals surface area contributed by atoms with E-state index in [0.717, 1.165) is 49.7 Å². The van der Waals surface area contributed by atoms with Gasteiger partial charge < -0.3 is 19.4 Å². The number of carbonyl (C=O) groups is 1. The summed E-state index contributed by atoms with van der Waals surface area (Å²) in [6, 6.07) is 8.17. The topological polar surface area (TPSA) is 61.8 Å². The number of hydrogen-bond donors (Lipinski definition) is 0. The molecule has 2 fully saturated rings. The second-order valence-corrected chi connectivity index (χ2v) is 7.63. The molecule has 2 aliphatic heterocycles. The predicted octanol–water partition coefficient (Wildman–Crippen LogP) is 2.07. The maximum atomic E-state index is 13.2.